The fourth-order valence-electron chi connectivity index (χ4n) is 4.35. The van der Waals surface area contributed by atoms with Gasteiger partial charge >= 0.3 is 18.0 Å². The Kier molecular flexibility index (Phi) is 9.77. The van der Waals surface area contributed by atoms with Crippen LogP contribution >= 0.6 is 11.8 Å². The van der Waals surface area contributed by atoms with E-state index in [1.54, 1.807) is 20.8 Å². The Morgan fingerprint density at radius 1 is 1.20 bits per heavy atom. The number of amides is 3. The number of fused-ring (bicyclic) bond motifs is 1. The number of esters is 2. The van der Waals surface area contributed by atoms with E-state index < -0.39 is 60.2 Å². The molecule has 0 aromatic heterocycles. The van der Waals surface area contributed by atoms with E-state index in [-0.39, 0.29) is 46.2 Å². The van der Waals surface area contributed by atoms with Crippen LogP contribution in [0, 0.1) is 6.92 Å². The maximum atomic E-state index is 13.3. The molecule has 1 saturated heterocycles. The lowest BCUT2D eigenvalue weighted by Crippen LogP contribution is -2.57. The van der Waals surface area contributed by atoms with Crippen LogP contribution in [0.3, 0.4) is 0 Å². The predicted molar refractivity (Wildman–Crippen MR) is 143 cm³/mol. The van der Waals surface area contributed by atoms with Gasteiger partial charge < -0.3 is 35.1 Å². The normalized spacial score (nSPS) is 22.1. The molecule has 3 rings (SSSR count). The Bertz CT molecular complexity index is 1180. The first-order valence-corrected chi connectivity index (χ1v) is 13.9. The number of rotatable bonds is 3. The van der Waals surface area contributed by atoms with Crippen molar-refractivity contribution in [3.63, 3.8) is 0 Å². The first-order chi connectivity index (χ1) is 18.7. The highest BCUT2D eigenvalue weighted by molar-refractivity contribution is 7.98. The molecule has 4 N–H and O–H groups in total. The van der Waals surface area contributed by atoms with Gasteiger partial charge in [0.05, 0.1) is 12.7 Å². The van der Waals surface area contributed by atoms with Gasteiger partial charge in [0.2, 0.25) is 11.8 Å². The summed E-state index contributed by atoms with van der Waals surface area (Å²) in [5.41, 5.74) is -0.526. The number of hydrogen-bond donors (Lipinski definition) is 4. The van der Waals surface area contributed by atoms with Gasteiger partial charge in [-0.05, 0) is 40.5 Å². The van der Waals surface area contributed by atoms with Crippen molar-refractivity contribution in [2.75, 3.05) is 26.0 Å². The summed E-state index contributed by atoms with van der Waals surface area (Å²) in [5, 5.41) is 25.7. The molecule has 3 atom stereocenters. The molecule has 0 saturated carbocycles. The fraction of sp³-hybridized carbons (Fsp3) is 0.577. The van der Waals surface area contributed by atoms with Crippen molar-refractivity contribution in [1.29, 1.82) is 0 Å². The third kappa shape index (κ3) is 7.29. The average molecular weight is 582 g/mol. The molecule has 0 aliphatic carbocycles. The number of cyclic esters (lactones) is 1. The summed E-state index contributed by atoms with van der Waals surface area (Å²) in [5.74, 6) is -3.73. The van der Waals surface area contributed by atoms with Crippen molar-refractivity contribution in [1.82, 2.24) is 15.5 Å². The Labute approximate surface area is 235 Å². The zero-order valence-electron chi connectivity index (χ0n) is 23.1. The second kappa shape index (κ2) is 12.7. The van der Waals surface area contributed by atoms with Crippen LogP contribution in [0.4, 0.5) is 4.79 Å². The van der Waals surface area contributed by atoms with Crippen molar-refractivity contribution >= 4 is 41.6 Å². The van der Waals surface area contributed by atoms with E-state index in [2.05, 4.69) is 10.6 Å². The number of thioether (sulfide) groups is 1. The lowest BCUT2D eigenvalue weighted by atomic mass is 10.0. The third-order valence-corrected chi connectivity index (χ3v) is 7.44. The minimum Gasteiger partial charge on any atom is -0.508 e. The van der Waals surface area contributed by atoms with Gasteiger partial charge in [-0.2, -0.15) is 11.8 Å². The maximum Gasteiger partial charge on any atom is 0.410 e. The summed E-state index contributed by atoms with van der Waals surface area (Å²) >= 11 is 1.13. The van der Waals surface area contributed by atoms with Crippen LogP contribution in [-0.4, -0.2) is 94.7 Å². The highest BCUT2D eigenvalue weighted by Crippen LogP contribution is 2.35. The largest absolute Gasteiger partial charge is 0.508 e. The van der Waals surface area contributed by atoms with Gasteiger partial charge in [0, 0.05) is 35.2 Å². The maximum absolute atomic E-state index is 13.3. The minimum absolute atomic E-state index is 0.0159. The summed E-state index contributed by atoms with van der Waals surface area (Å²) in [4.78, 5) is 65.9. The number of aromatic hydroxyl groups is 2. The van der Waals surface area contributed by atoms with Gasteiger partial charge in [-0.15, -0.1) is 0 Å². The summed E-state index contributed by atoms with van der Waals surface area (Å²) in [6, 6.07) is -2.38. The molecule has 1 aromatic rings. The van der Waals surface area contributed by atoms with Gasteiger partial charge in [-0.3, -0.25) is 14.5 Å². The smallest absolute Gasteiger partial charge is 0.410 e. The van der Waals surface area contributed by atoms with Crippen LogP contribution in [0.15, 0.2) is 6.07 Å². The molecule has 40 heavy (non-hydrogen) atoms. The standard InChI is InChI=1S/C26H35N3O10S/c1-13-18(30)9-19(31)14-11-40-12-16(23(34)37-5)28-21(32)15(10-38-24(35)20(13)14)27-22(33)17-7-6-8-29(17)25(36)39-26(2,3)4/h9,15-17,30-31H,6-8,10-12H2,1-5H3,(H,27,33)(H,28,32)/t15-,16+,17+/m1/s1. The van der Waals surface area contributed by atoms with E-state index in [9.17, 15) is 34.2 Å². The van der Waals surface area contributed by atoms with Crippen LogP contribution in [0.25, 0.3) is 0 Å². The highest BCUT2D eigenvalue weighted by atomic mass is 32.2. The third-order valence-electron chi connectivity index (χ3n) is 6.38. The molecule has 14 heteroatoms. The SMILES string of the molecule is COC(=O)[C@@H]1CSCc2c(O)cc(O)c(C)c2C(=O)OC[C@@H](NC(=O)[C@@H]2CCCN2C(=O)OC(C)(C)C)C(=O)N1. The molecule has 0 bridgehead atoms. The number of ether oxygens (including phenoxy) is 3. The Morgan fingerprint density at radius 2 is 1.90 bits per heavy atom. The molecule has 220 valence electrons. The summed E-state index contributed by atoms with van der Waals surface area (Å²) in [7, 11) is 1.16. The first kappa shape index (κ1) is 30.9. The van der Waals surface area contributed by atoms with Crippen molar-refractivity contribution in [3.8, 4) is 11.5 Å². The molecule has 2 aliphatic rings. The summed E-state index contributed by atoms with van der Waals surface area (Å²) in [6.07, 6.45) is 0.189. The topological polar surface area (TPSA) is 181 Å². The minimum atomic E-state index is -1.44. The molecule has 1 aromatic carbocycles. The van der Waals surface area contributed by atoms with Crippen molar-refractivity contribution in [2.24, 2.45) is 0 Å². The second-order valence-corrected chi connectivity index (χ2v) is 11.5. The number of methoxy groups -OCH3 is 1. The zero-order chi connectivity index (χ0) is 29.8. The molecular formula is C26H35N3O10S. The molecule has 2 aliphatic heterocycles. The number of carbonyl (C=O) groups is 5. The molecule has 1 fully saturated rings. The first-order valence-electron chi connectivity index (χ1n) is 12.7. The van der Waals surface area contributed by atoms with E-state index in [0.717, 1.165) is 24.9 Å². The lowest BCUT2D eigenvalue weighted by Gasteiger charge is -2.29. The number of nitrogens with one attached hydrogen (secondary N) is 2. The van der Waals surface area contributed by atoms with Crippen molar-refractivity contribution in [2.45, 2.75) is 70.0 Å². The molecular weight excluding hydrogens is 546 g/mol. The van der Waals surface area contributed by atoms with E-state index in [0.29, 0.717) is 12.8 Å². The Morgan fingerprint density at radius 3 is 2.55 bits per heavy atom. The van der Waals surface area contributed by atoms with Crippen LogP contribution in [-0.2, 0) is 34.3 Å². The molecule has 0 radical (unpaired) electrons. The van der Waals surface area contributed by atoms with Crippen molar-refractivity contribution < 1.29 is 48.4 Å². The summed E-state index contributed by atoms with van der Waals surface area (Å²) in [6.45, 7) is 6.23. The Hall–Kier alpha value is -3.68. The van der Waals surface area contributed by atoms with E-state index in [4.69, 9.17) is 14.2 Å². The number of hydrogen-bond acceptors (Lipinski definition) is 11. The Balaban J connectivity index is 1.89. The van der Waals surface area contributed by atoms with Crippen LogP contribution < -0.4 is 10.6 Å². The van der Waals surface area contributed by atoms with Crippen molar-refractivity contribution in [3.05, 3.63) is 22.8 Å². The monoisotopic (exact) mass is 581 g/mol. The molecule has 2 heterocycles. The van der Waals surface area contributed by atoms with E-state index in [1.165, 1.54) is 11.8 Å². The average Bonchev–Trinajstić information content (AvgIpc) is 3.37. The van der Waals surface area contributed by atoms with Gasteiger partial charge in [0.15, 0.2) is 0 Å². The van der Waals surface area contributed by atoms with Gasteiger partial charge in [0.25, 0.3) is 0 Å². The lowest BCUT2D eigenvalue weighted by molar-refractivity contribution is -0.144. The predicted octanol–water partition coefficient (Wildman–Crippen LogP) is 1.35. The molecule has 13 nitrogen and oxygen atoms in total. The zero-order valence-corrected chi connectivity index (χ0v) is 23.9. The van der Waals surface area contributed by atoms with Crippen LogP contribution in [0.2, 0.25) is 0 Å². The number of carbonyl (C=O) groups excluding carboxylic acids is 5. The number of benzene rings is 1. The molecule has 0 spiro atoms. The highest BCUT2D eigenvalue weighted by Gasteiger charge is 2.39. The fourth-order valence-corrected chi connectivity index (χ4v) is 5.42. The van der Waals surface area contributed by atoms with Crippen LogP contribution in [0.5, 0.6) is 11.5 Å². The number of likely N-dealkylation sites (tertiary alicyclic amines) is 1. The second-order valence-electron chi connectivity index (χ2n) is 10.5. The van der Waals surface area contributed by atoms with E-state index in [1.807, 2.05) is 0 Å². The van der Waals surface area contributed by atoms with E-state index >= 15 is 0 Å². The number of nitrogens with zero attached hydrogens (tertiary/aromatic N) is 1. The number of phenolic OH excluding ortho intramolecular Hbond substituents is 2. The molecule has 0 unspecified atom stereocenters. The molecule has 3 amide bonds. The number of phenols is 2. The van der Waals surface area contributed by atoms with Gasteiger partial charge in [0.1, 0.15) is 41.8 Å². The quantitative estimate of drug-likeness (QED) is 0.299. The van der Waals surface area contributed by atoms with Gasteiger partial charge in [-0.25, -0.2) is 14.4 Å². The summed E-state index contributed by atoms with van der Waals surface area (Å²) < 4.78 is 15.6. The van der Waals surface area contributed by atoms with Gasteiger partial charge in [-0.1, -0.05) is 0 Å². The van der Waals surface area contributed by atoms with Crippen LogP contribution in [0.1, 0.15) is 55.1 Å².